The average molecular weight is 405 g/mol. The topological polar surface area (TPSA) is 99.0 Å². The number of nitrogens with zero attached hydrogens (tertiary/aromatic N) is 5. The third-order valence-electron chi connectivity index (χ3n) is 4.77. The maximum Gasteiger partial charge on any atom is 0.239 e. The fourth-order valence-electron chi connectivity index (χ4n) is 3.26. The Bertz CT molecular complexity index is 1090. The van der Waals surface area contributed by atoms with Gasteiger partial charge in [-0.1, -0.05) is 0 Å². The SMILES string of the molecule is COc1nc(Nc2nccc(-c3ccc(F)c(C#N)c3)n2)ccc1N1CCNCC1. The van der Waals surface area contributed by atoms with Crippen molar-refractivity contribution in [1.29, 1.82) is 5.26 Å². The Morgan fingerprint density at radius 3 is 2.77 bits per heavy atom. The summed E-state index contributed by atoms with van der Waals surface area (Å²) in [6, 6.07) is 11.6. The molecule has 1 aliphatic rings. The van der Waals surface area contributed by atoms with Gasteiger partial charge in [-0.2, -0.15) is 10.2 Å². The predicted octanol–water partition coefficient (Wildman–Crippen LogP) is 2.71. The fraction of sp³-hybridized carbons (Fsp3) is 0.238. The minimum Gasteiger partial charge on any atom is -0.479 e. The van der Waals surface area contributed by atoms with Crippen molar-refractivity contribution >= 4 is 17.5 Å². The maximum atomic E-state index is 13.6. The highest BCUT2D eigenvalue weighted by molar-refractivity contribution is 5.65. The summed E-state index contributed by atoms with van der Waals surface area (Å²) in [5.74, 6) is 0.837. The zero-order valence-corrected chi connectivity index (χ0v) is 16.4. The van der Waals surface area contributed by atoms with Gasteiger partial charge in [-0.25, -0.2) is 14.4 Å². The molecular formula is C21H20FN7O. The molecule has 0 unspecified atom stereocenters. The first-order chi connectivity index (χ1) is 14.7. The van der Waals surface area contributed by atoms with Crippen LogP contribution in [0.3, 0.4) is 0 Å². The molecule has 30 heavy (non-hydrogen) atoms. The molecule has 0 amide bonds. The molecule has 0 aliphatic carbocycles. The van der Waals surface area contributed by atoms with Gasteiger partial charge in [0, 0.05) is 37.9 Å². The first kappa shape index (κ1) is 19.5. The molecule has 1 aliphatic heterocycles. The molecule has 3 heterocycles. The van der Waals surface area contributed by atoms with Crippen molar-refractivity contribution in [2.45, 2.75) is 0 Å². The normalized spacial score (nSPS) is 13.6. The summed E-state index contributed by atoms with van der Waals surface area (Å²) in [7, 11) is 1.59. The number of nitrogens with one attached hydrogen (secondary N) is 2. The smallest absolute Gasteiger partial charge is 0.239 e. The van der Waals surface area contributed by atoms with Crippen molar-refractivity contribution in [3.8, 4) is 23.2 Å². The van der Waals surface area contributed by atoms with E-state index in [4.69, 9.17) is 10.00 Å². The van der Waals surface area contributed by atoms with E-state index in [-0.39, 0.29) is 5.56 Å². The Kier molecular flexibility index (Phi) is 5.68. The van der Waals surface area contributed by atoms with E-state index in [9.17, 15) is 4.39 Å². The molecule has 3 aromatic rings. The van der Waals surface area contributed by atoms with Crippen LogP contribution in [0.2, 0.25) is 0 Å². The molecule has 0 spiro atoms. The van der Waals surface area contributed by atoms with Crippen molar-refractivity contribution < 1.29 is 9.13 Å². The molecule has 152 valence electrons. The number of piperazine rings is 1. The van der Waals surface area contributed by atoms with Gasteiger partial charge in [0.15, 0.2) is 0 Å². The number of anilines is 3. The molecular weight excluding hydrogens is 385 g/mol. The number of ether oxygens (including phenoxy) is 1. The van der Waals surface area contributed by atoms with Gasteiger partial charge in [-0.15, -0.1) is 0 Å². The molecule has 2 aromatic heterocycles. The van der Waals surface area contributed by atoms with Crippen molar-refractivity contribution in [3.63, 3.8) is 0 Å². The standard InChI is InChI=1S/C21H20FN7O/c1-30-20-18(29-10-8-24-9-11-29)4-5-19(27-20)28-21-25-7-6-17(26-21)14-2-3-16(22)15(12-14)13-23/h2-7,12,24H,8-11H2,1H3,(H,25,26,27,28). The number of rotatable bonds is 5. The minimum atomic E-state index is -0.561. The van der Waals surface area contributed by atoms with Crippen molar-refractivity contribution in [3.05, 3.63) is 54.0 Å². The van der Waals surface area contributed by atoms with Gasteiger partial charge in [0.2, 0.25) is 11.8 Å². The molecule has 9 heteroatoms. The Morgan fingerprint density at radius 1 is 1.17 bits per heavy atom. The summed E-state index contributed by atoms with van der Waals surface area (Å²) in [4.78, 5) is 15.4. The molecule has 8 nitrogen and oxygen atoms in total. The van der Waals surface area contributed by atoms with Crippen LogP contribution in [0.15, 0.2) is 42.6 Å². The summed E-state index contributed by atoms with van der Waals surface area (Å²) in [6.07, 6.45) is 1.59. The summed E-state index contributed by atoms with van der Waals surface area (Å²) >= 11 is 0. The quantitative estimate of drug-likeness (QED) is 0.669. The number of hydrogen-bond donors (Lipinski definition) is 2. The number of aromatic nitrogens is 3. The Balaban J connectivity index is 1.57. The van der Waals surface area contributed by atoms with Crippen molar-refractivity contribution in [2.75, 3.05) is 43.5 Å². The van der Waals surface area contributed by atoms with Crippen LogP contribution < -0.4 is 20.3 Å². The van der Waals surface area contributed by atoms with Crippen LogP contribution in [-0.2, 0) is 0 Å². The molecule has 4 rings (SSSR count). The van der Waals surface area contributed by atoms with E-state index in [0.29, 0.717) is 28.9 Å². The molecule has 2 N–H and O–H groups in total. The van der Waals surface area contributed by atoms with Gasteiger partial charge in [0.05, 0.1) is 18.4 Å². The zero-order chi connectivity index (χ0) is 20.9. The first-order valence-electron chi connectivity index (χ1n) is 9.49. The highest BCUT2D eigenvalue weighted by Crippen LogP contribution is 2.29. The fourth-order valence-corrected chi connectivity index (χ4v) is 3.26. The number of halogens is 1. The van der Waals surface area contributed by atoms with Crippen LogP contribution in [0.5, 0.6) is 5.88 Å². The number of benzene rings is 1. The summed E-state index contributed by atoms with van der Waals surface area (Å²) in [5.41, 5.74) is 2.09. The van der Waals surface area contributed by atoms with Crippen LogP contribution in [0, 0.1) is 17.1 Å². The molecule has 0 radical (unpaired) electrons. The highest BCUT2D eigenvalue weighted by Gasteiger charge is 2.17. The lowest BCUT2D eigenvalue weighted by Gasteiger charge is -2.30. The van der Waals surface area contributed by atoms with E-state index in [1.165, 1.54) is 12.1 Å². The van der Waals surface area contributed by atoms with Crippen LogP contribution in [0.25, 0.3) is 11.3 Å². The lowest BCUT2D eigenvalue weighted by atomic mass is 10.1. The largest absolute Gasteiger partial charge is 0.479 e. The van der Waals surface area contributed by atoms with Crippen LogP contribution in [0.1, 0.15) is 5.56 Å². The Labute approximate surface area is 173 Å². The summed E-state index contributed by atoms with van der Waals surface area (Å²) in [6.45, 7) is 3.61. The van der Waals surface area contributed by atoms with Gasteiger partial charge < -0.3 is 20.3 Å². The molecule has 0 saturated carbocycles. The van der Waals surface area contributed by atoms with E-state index in [1.807, 2.05) is 18.2 Å². The zero-order valence-electron chi connectivity index (χ0n) is 16.4. The Morgan fingerprint density at radius 2 is 2.00 bits per heavy atom. The van der Waals surface area contributed by atoms with Crippen molar-refractivity contribution in [2.24, 2.45) is 0 Å². The molecule has 1 saturated heterocycles. The summed E-state index contributed by atoms with van der Waals surface area (Å²) in [5, 5.41) is 15.4. The second kappa shape index (κ2) is 8.71. The second-order valence-corrected chi connectivity index (χ2v) is 6.66. The van der Waals surface area contributed by atoms with E-state index in [1.54, 1.807) is 25.4 Å². The molecule has 0 bridgehead atoms. The lowest BCUT2D eigenvalue weighted by Crippen LogP contribution is -2.43. The number of methoxy groups -OCH3 is 1. The van der Waals surface area contributed by atoms with Crippen LogP contribution in [-0.4, -0.2) is 48.2 Å². The predicted molar refractivity (Wildman–Crippen MR) is 111 cm³/mol. The average Bonchev–Trinajstić information content (AvgIpc) is 2.80. The number of pyridine rings is 1. The van der Waals surface area contributed by atoms with E-state index in [2.05, 4.69) is 30.5 Å². The monoisotopic (exact) mass is 405 g/mol. The number of hydrogen-bond acceptors (Lipinski definition) is 8. The second-order valence-electron chi connectivity index (χ2n) is 6.66. The van der Waals surface area contributed by atoms with Gasteiger partial charge >= 0.3 is 0 Å². The van der Waals surface area contributed by atoms with Gasteiger partial charge in [-0.3, -0.25) is 0 Å². The van der Waals surface area contributed by atoms with E-state index in [0.717, 1.165) is 31.9 Å². The number of nitriles is 1. The third-order valence-corrected chi connectivity index (χ3v) is 4.77. The highest BCUT2D eigenvalue weighted by atomic mass is 19.1. The third kappa shape index (κ3) is 4.14. The van der Waals surface area contributed by atoms with Gasteiger partial charge in [0.1, 0.15) is 23.4 Å². The van der Waals surface area contributed by atoms with Gasteiger partial charge in [0.25, 0.3) is 0 Å². The minimum absolute atomic E-state index is 0.0319. The maximum absolute atomic E-state index is 13.6. The first-order valence-corrected chi connectivity index (χ1v) is 9.49. The Hall–Kier alpha value is -3.77. The molecule has 0 atom stereocenters. The van der Waals surface area contributed by atoms with Gasteiger partial charge in [-0.05, 0) is 36.4 Å². The summed E-state index contributed by atoms with van der Waals surface area (Å²) < 4.78 is 19.1. The van der Waals surface area contributed by atoms with E-state index >= 15 is 0 Å². The lowest BCUT2D eigenvalue weighted by molar-refractivity contribution is 0.397. The van der Waals surface area contributed by atoms with Crippen LogP contribution in [0.4, 0.5) is 21.8 Å². The van der Waals surface area contributed by atoms with E-state index < -0.39 is 5.82 Å². The van der Waals surface area contributed by atoms with Crippen molar-refractivity contribution in [1.82, 2.24) is 20.3 Å². The molecule has 1 aromatic carbocycles. The molecule has 1 fully saturated rings. The van der Waals surface area contributed by atoms with Crippen LogP contribution >= 0.6 is 0 Å².